The first-order valence-electron chi connectivity index (χ1n) is 10.6. The van der Waals surface area contributed by atoms with Crippen molar-refractivity contribution in [3.8, 4) is 5.75 Å². The van der Waals surface area contributed by atoms with E-state index in [1.807, 2.05) is 0 Å². The lowest BCUT2D eigenvalue weighted by Gasteiger charge is -2.16. The SMILES string of the molecule is CCOC(=O)c1cccc(NC(=O)c2cc(CN3C(=O)c4ccccc4C3=O)ccc2OC)c1. The van der Waals surface area contributed by atoms with E-state index in [1.165, 1.54) is 13.2 Å². The van der Waals surface area contributed by atoms with Gasteiger partial charge < -0.3 is 14.8 Å². The maximum atomic E-state index is 13.0. The van der Waals surface area contributed by atoms with Gasteiger partial charge in [0.15, 0.2) is 0 Å². The normalized spacial score (nSPS) is 12.4. The number of amides is 3. The van der Waals surface area contributed by atoms with Crippen LogP contribution in [0.5, 0.6) is 5.75 Å². The second-order valence-corrected chi connectivity index (χ2v) is 7.53. The van der Waals surface area contributed by atoms with Gasteiger partial charge in [-0.15, -0.1) is 0 Å². The Hall–Kier alpha value is -4.46. The van der Waals surface area contributed by atoms with Crippen LogP contribution in [0.3, 0.4) is 0 Å². The van der Waals surface area contributed by atoms with E-state index in [9.17, 15) is 19.2 Å². The van der Waals surface area contributed by atoms with Gasteiger partial charge in [0.1, 0.15) is 5.75 Å². The van der Waals surface area contributed by atoms with E-state index in [1.54, 1.807) is 67.6 Å². The van der Waals surface area contributed by atoms with Gasteiger partial charge in [-0.05, 0) is 55.0 Å². The Morgan fingerprint density at radius 1 is 0.912 bits per heavy atom. The van der Waals surface area contributed by atoms with Crippen LogP contribution in [0.25, 0.3) is 0 Å². The summed E-state index contributed by atoms with van der Waals surface area (Å²) in [4.78, 5) is 51.6. The van der Waals surface area contributed by atoms with Crippen LogP contribution in [0.2, 0.25) is 0 Å². The quantitative estimate of drug-likeness (QED) is 0.425. The molecule has 0 unspecified atom stereocenters. The Bertz CT molecular complexity index is 1260. The van der Waals surface area contributed by atoms with Gasteiger partial charge in [0.25, 0.3) is 17.7 Å². The molecule has 0 saturated heterocycles. The molecule has 1 aliphatic heterocycles. The predicted molar refractivity (Wildman–Crippen MR) is 124 cm³/mol. The lowest BCUT2D eigenvalue weighted by molar-refractivity contribution is 0.0525. The first-order valence-corrected chi connectivity index (χ1v) is 10.6. The molecule has 0 radical (unpaired) electrons. The van der Waals surface area contributed by atoms with Gasteiger partial charge in [-0.2, -0.15) is 0 Å². The van der Waals surface area contributed by atoms with E-state index in [0.29, 0.717) is 33.7 Å². The molecule has 8 heteroatoms. The fourth-order valence-corrected chi connectivity index (χ4v) is 3.73. The topological polar surface area (TPSA) is 102 Å². The molecule has 4 rings (SSSR count). The number of nitrogens with one attached hydrogen (secondary N) is 1. The van der Waals surface area contributed by atoms with E-state index >= 15 is 0 Å². The van der Waals surface area contributed by atoms with Crippen molar-refractivity contribution < 1.29 is 28.7 Å². The van der Waals surface area contributed by atoms with Crippen LogP contribution in [0.4, 0.5) is 5.69 Å². The second kappa shape index (κ2) is 9.58. The van der Waals surface area contributed by atoms with Crippen LogP contribution < -0.4 is 10.1 Å². The molecule has 0 bridgehead atoms. The zero-order valence-electron chi connectivity index (χ0n) is 18.7. The van der Waals surface area contributed by atoms with Gasteiger partial charge in [-0.1, -0.05) is 24.3 Å². The number of imide groups is 1. The number of esters is 1. The molecule has 1 aliphatic rings. The van der Waals surface area contributed by atoms with Crippen LogP contribution in [-0.2, 0) is 11.3 Å². The Labute approximate surface area is 196 Å². The minimum absolute atomic E-state index is 0.00889. The summed E-state index contributed by atoms with van der Waals surface area (Å²) in [7, 11) is 1.44. The van der Waals surface area contributed by atoms with E-state index in [4.69, 9.17) is 9.47 Å². The minimum atomic E-state index is -0.487. The van der Waals surface area contributed by atoms with E-state index in [2.05, 4.69) is 5.32 Å². The highest BCUT2D eigenvalue weighted by Crippen LogP contribution is 2.27. The molecule has 1 N–H and O–H groups in total. The molecular weight excluding hydrogens is 436 g/mol. The molecule has 0 aromatic heterocycles. The summed E-state index contributed by atoms with van der Waals surface area (Å²) >= 11 is 0. The van der Waals surface area contributed by atoms with E-state index in [0.717, 1.165) is 4.90 Å². The first kappa shape index (κ1) is 22.7. The van der Waals surface area contributed by atoms with Gasteiger partial charge in [0.2, 0.25) is 0 Å². The standard InChI is InChI=1S/C26H22N2O6/c1-3-34-26(32)17-7-6-8-18(14-17)27-23(29)21-13-16(11-12-22(21)33-2)15-28-24(30)19-9-4-5-10-20(19)25(28)31/h4-14H,3,15H2,1-2H3,(H,27,29). The third-order valence-corrected chi connectivity index (χ3v) is 5.36. The molecule has 0 spiro atoms. The van der Waals surface area contributed by atoms with Crippen LogP contribution >= 0.6 is 0 Å². The van der Waals surface area contributed by atoms with Crippen LogP contribution in [0, 0.1) is 0 Å². The molecule has 172 valence electrons. The largest absolute Gasteiger partial charge is 0.496 e. The number of carbonyl (C=O) groups excluding carboxylic acids is 4. The van der Waals surface area contributed by atoms with Crippen molar-refractivity contribution in [3.05, 3.63) is 94.5 Å². The monoisotopic (exact) mass is 458 g/mol. The fourth-order valence-electron chi connectivity index (χ4n) is 3.73. The van der Waals surface area contributed by atoms with Crippen molar-refractivity contribution in [1.29, 1.82) is 0 Å². The average Bonchev–Trinajstić information content (AvgIpc) is 3.09. The summed E-state index contributed by atoms with van der Waals surface area (Å²) in [6.07, 6.45) is 0. The zero-order valence-corrected chi connectivity index (χ0v) is 18.7. The van der Waals surface area contributed by atoms with Crippen molar-refractivity contribution in [1.82, 2.24) is 4.90 Å². The molecule has 34 heavy (non-hydrogen) atoms. The van der Waals surface area contributed by atoms with Crippen LogP contribution in [0.15, 0.2) is 66.7 Å². The van der Waals surface area contributed by atoms with Crippen LogP contribution in [-0.4, -0.2) is 42.3 Å². The van der Waals surface area contributed by atoms with Crippen molar-refractivity contribution in [2.75, 3.05) is 19.0 Å². The van der Waals surface area contributed by atoms with Gasteiger partial charge in [0.05, 0.1) is 42.5 Å². The number of carbonyl (C=O) groups is 4. The van der Waals surface area contributed by atoms with Crippen molar-refractivity contribution in [2.24, 2.45) is 0 Å². The number of hydrogen-bond donors (Lipinski definition) is 1. The van der Waals surface area contributed by atoms with Gasteiger partial charge >= 0.3 is 5.97 Å². The molecule has 0 fully saturated rings. The smallest absolute Gasteiger partial charge is 0.338 e. The number of fused-ring (bicyclic) bond motifs is 1. The summed E-state index contributed by atoms with van der Waals surface area (Å²) < 4.78 is 10.3. The Kier molecular flexibility index (Phi) is 6.40. The molecule has 3 amide bonds. The summed E-state index contributed by atoms with van der Waals surface area (Å²) in [6, 6.07) is 17.9. The molecule has 3 aromatic rings. The fraction of sp³-hybridized carbons (Fsp3) is 0.154. The third kappa shape index (κ3) is 4.38. The number of anilines is 1. The number of methoxy groups -OCH3 is 1. The number of benzene rings is 3. The van der Waals surface area contributed by atoms with E-state index in [-0.39, 0.29) is 30.5 Å². The van der Waals surface area contributed by atoms with E-state index < -0.39 is 11.9 Å². The summed E-state index contributed by atoms with van der Waals surface area (Å²) in [5, 5.41) is 2.75. The average molecular weight is 458 g/mol. The van der Waals surface area contributed by atoms with Gasteiger partial charge in [-0.3, -0.25) is 19.3 Å². The van der Waals surface area contributed by atoms with Crippen molar-refractivity contribution in [2.45, 2.75) is 13.5 Å². The maximum Gasteiger partial charge on any atom is 0.338 e. The number of nitrogens with zero attached hydrogens (tertiary/aromatic N) is 1. The highest BCUT2D eigenvalue weighted by molar-refractivity contribution is 6.21. The lowest BCUT2D eigenvalue weighted by Crippen LogP contribution is -2.29. The highest BCUT2D eigenvalue weighted by atomic mass is 16.5. The van der Waals surface area contributed by atoms with Gasteiger partial charge in [0, 0.05) is 5.69 Å². The maximum absolute atomic E-state index is 13.0. The Balaban J connectivity index is 1.56. The summed E-state index contributed by atoms with van der Waals surface area (Å²) in [6.45, 7) is 1.96. The van der Waals surface area contributed by atoms with Crippen LogP contribution in [0.1, 0.15) is 53.9 Å². The lowest BCUT2D eigenvalue weighted by atomic mass is 10.1. The second-order valence-electron chi connectivity index (χ2n) is 7.53. The minimum Gasteiger partial charge on any atom is -0.496 e. The molecule has 0 atom stereocenters. The summed E-state index contributed by atoms with van der Waals surface area (Å²) in [5.41, 5.74) is 2.24. The molecular formula is C26H22N2O6. The molecule has 0 aliphatic carbocycles. The molecule has 1 heterocycles. The number of ether oxygens (including phenoxy) is 2. The summed E-state index contributed by atoms with van der Waals surface area (Å²) in [5.74, 6) is -1.39. The Morgan fingerprint density at radius 2 is 1.62 bits per heavy atom. The molecule has 3 aromatic carbocycles. The molecule has 8 nitrogen and oxygen atoms in total. The highest BCUT2D eigenvalue weighted by Gasteiger charge is 2.35. The predicted octanol–water partition coefficient (Wildman–Crippen LogP) is 3.92. The van der Waals surface area contributed by atoms with Crippen molar-refractivity contribution in [3.63, 3.8) is 0 Å². The zero-order chi connectivity index (χ0) is 24.2. The van der Waals surface area contributed by atoms with Crippen molar-refractivity contribution >= 4 is 29.4 Å². The first-order chi connectivity index (χ1) is 16.4. The number of hydrogen-bond acceptors (Lipinski definition) is 6. The number of rotatable bonds is 7. The third-order valence-electron chi connectivity index (χ3n) is 5.36. The Morgan fingerprint density at radius 3 is 2.26 bits per heavy atom. The van der Waals surface area contributed by atoms with Gasteiger partial charge in [-0.25, -0.2) is 4.79 Å². The molecule has 0 saturated carbocycles.